The van der Waals surface area contributed by atoms with Gasteiger partial charge in [-0.1, -0.05) is 37.6 Å². The first-order valence-corrected chi connectivity index (χ1v) is 12.0. The van der Waals surface area contributed by atoms with Crippen LogP contribution in [0.15, 0.2) is 42.5 Å². The molecule has 0 saturated carbocycles. The highest BCUT2D eigenvalue weighted by Gasteiger charge is 2.32. The van der Waals surface area contributed by atoms with Gasteiger partial charge in [0.05, 0.1) is 5.75 Å². The third-order valence-electron chi connectivity index (χ3n) is 5.85. The molecule has 1 heterocycles. The van der Waals surface area contributed by atoms with E-state index in [9.17, 15) is 22.8 Å². The van der Waals surface area contributed by atoms with Crippen LogP contribution in [0.2, 0.25) is 0 Å². The van der Waals surface area contributed by atoms with Crippen molar-refractivity contribution in [2.45, 2.75) is 19.8 Å². The molecular weight excluding hydrogens is 416 g/mol. The summed E-state index contributed by atoms with van der Waals surface area (Å²) in [6.07, 6.45) is 1.42. The second kappa shape index (κ2) is 8.36. The Labute approximate surface area is 181 Å². The average Bonchev–Trinajstić information content (AvgIpc) is 2.80. The number of hydrogen-bond acceptors (Lipinski definition) is 5. The minimum absolute atomic E-state index is 0.125. The van der Waals surface area contributed by atoms with Crippen molar-refractivity contribution in [2.75, 3.05) is 31.9 Å². The summed E-state index contributed by atoms with van der Waals surface area (Å²) in [5, 5.41) is 0. The lowest BCUT2D eigenvalue weighted by Gasteiger charge is -2.34. The Morgan fingerprint density at radius 3 is 2.06 bits per heavy atom. The molecule has 0 atom stereocenters. The van der Waals surface area contributed by atoms with Crippen molar-refractivity contribution in [1.82, 2.24) is 9.21 Å². The summed E-state index contributed by atoms with van der Waals surface area (Å²) in [6.45, 7) is 3.04. The van der Waals surface area contributed by atoms with Crippen LogP contribution in [0.25, 0.3) is 0 Å². The molecule has 0 radical (unpaired) electrons. The van der Waals surface area contributed by atoms with E-state index in [2.05, 4.69) is 0 Å². The SMILES string of the molecule is CCCCS(=O)(=O)N1CCN(C(=O)c2ccc3c(c2)C(=O)c2ccccc2C3=O)CC1. The van der Waals surface area contributed by atoms with Crippen LogP contribution in [0.5, 0.6) is 0 Å². The Hall–Kier alpha value is -2.84. The van der Waals surface area contributed by atoms with Gasteiger partial charge in [-0.05, 0) is 24.6 Å². The van der Waals surface area contributed by atoms with Gasteiger partial charge in [0.25, 0.3) is 5.91 Å². The van der Waals surface area contributed by atoms with Crippen molar-refractivity contribution in [1.29, 1.82) is 0 Å². The number of carbonyl (C=O) groups excluding carboxylic acids is 3. The van der Waals surface area contributed by atoms with Crippen LogP contribution >= 0.6 is 0 Å². The van der Waals surface area contributed by atoms with Gasteiger partial charge >= 0.3 is 0 Å². The lowest BCUT2D eigenvalue weighted by atomic mass is 9.83. The molecule has 1 saturated heterocycles. The van der Waals surface area contributed by atoms with Gasteiger partial charge in [-0.2, -0.15) is 4.31 Å². The molecule has 0 spiro atoms. The van der Waals surface area contributed by atoms with Crippen molar-refractivity contribution in [3.8, 4) is 0 Å². The number of fused-ring (bicyclic) bond motifs is 2. The number of piperazine rings is 1. The van der Waals surface area contributed by atoms with Crippen LogP contribution in [-0.4, -0.2) is 67.0 Å². The minimum atomic E-state index is -3.30. The van der Waals surface area contributed by atoms with Crippen LogP contribution in [0.1, 0.15) is 62.0 Å². The molecule has 162 valence electrons. The van der Waals surface area contributed by atoms with Gasteiger partial charge in [0, 0.05) is 54.0 Å². The van der Waals surface area contributed by atoms with E-state index in [4.69, 9.17) is 0 Å². The smallest absolute Gasteiger partial charge is 0.253 e. The van der Waals surface area contributed by atoms with Crippen LogP contribution in [-0.2, 0) is 10.0 Å². The molecule has 7 nitrogen and oxygen atoms in total. The number of rotatable bonds is 5. The van der Waals surface area contributed by atoms with E-state index in [0.29, 0.717) is 28.7 Å². The van der Waals surface area contributed by atoms with Gasteiger partial charge < -0.3 is 4.90 Å². The minimum Gasteiger partial charge on any atom is -0.336 e. The lowest BCUT2D eigenvalue weighted by molar-refractivity contribution is 0.0697. The van der Waals surface area contributed by atoms with Gasteiger partial charge in [-0.3, -0.25) is 14.4 Å². The van der Waals surface area contributed by atoms with Gasteiger partial charge in [-0.15, -0.1) is 0 Å². The molecule has 1 aliphatic carbocycles. The summed E-state index contributed by atoms with van der Waals surface area (Å²) in [6, 6.07) is 11.2. The van der Waals surface area contributed by atoms with Gasteiger partial charge in [0.15, 0.2) is 11.6 Å². The quantitative estimate of drug-likeness (QED) is 0.607. The number of hydrogen-bond donors (Lipinski definition) is 0. The first kappa shape index (κ1) is 21.4. The summed E-state index contributed by atoms with van der Waals surface area (Å²) in [5.41, 5.74) is 1.57. The molecule has 31 heavy (non-hydrogen) atoms. The Bertz CT molecular complexity index is 1160. The van der Waals surface area contributed by atoms with E-state index in [0.717, 1.165) is 6.42 Å². The summed E-state index contributed by atoms with van der Waals surface area (Å²) >= 11 is 0. The monoisotopic (exact) mass is 440 g/mol. The molecule has 0 aromatic heterocycles. The maximum atomic E-state index is 13.0. The number of nitrogens with zero attached hydrogens (tertiary/aromatic N) is 2. The van der Waals surface area contributed by atoms with Gasteiger partial charge in [-0.25, -0.2) is 8.42 Å². The lowest BCUT2D eigenvalue weighted by Crippen LogP contribution is -2.51. The number of carbonyl (C=O) groups is 3. The number of unbranched alkanes of at least 4 members (excludes halogenated alkanes) is 1. The van der Waals surface area contributed by atoms with Crippen LogP contribution in [0.3, 0.4) is 0 Å². The molecule has 4 rings (SSSR count). The first-order chi connectivity index (χ1) is 14.8. The van der Waals surface area contributed by atoms with Crippen molar-refractivity contribution >= 4 is 27.5 Å². The molecule has 2 aromatic carbocycles. The van der Waals surface area contributed by atoms with E-state index in [1.807, 2.05) is 6.92 Å². The van der Waals surface area contributed by atoms with E-state index in [-0.39, 0.29) is 55.0 Å². The molecule has 0 bridgehead atoms. The van der Waals surface area contributed by atoms with Gasteiger partial charge in [0.2, 0.25) is 10.0 Å². The fourth-order valence-corrected chi connectivity index (χ4v) is 5.67. The number of ketones is 2. The van der Waals surface area contributed by atoms with Crippen LogP contribution < -0.4 is 0 Å². The maximum Gasteiger partial charge on any atom is 0.253 e. The zero-order valence-electron chi connectivity index (χ0n) is 17.3. The van der Waals surface area contributed by atoms with Crippen molar-refractivity contribution < 1.29 is 22.8 Å². The largest absolute Gasteiger partial charge is 0.336 e. The standard InChI is InChI=1S/C23H24N2O5S/c1-2-3-14-31(29,30)25-12-10-24(11-13-25)23(28)16-8-9-19-20(15-16)22(27)18-7-5-4-6-17(18)21(19)26/h4-9,15H,2-3,10-14H2,1H3. The van der Waals surface area contributed by atoms with Crippen molar-refractivity contribution in [3.63, 3.8) is 0 Å². The second-order valence-corrected chi connectivity index (χ2v) is 9.91. The topological polar surface area (TPSA) is 91.8 Å². The molecule has 1 fully saturated rings. The number of sulfonamides is 1. The summed E-state index contributed by atoms with van der Waals surface area (Å²) in [7, 11) is -3.30. The van der Waals surface area contributed by atoms with Crippen LogP contribution in [0, 0.1) is 0 Å². The molecular formula is C23H24N2O5S. The second-order valence-electron chi connectivity index (χ2n) is 7.83. The molecule has 0 N–H and O–H groups in total. The Balaban J connectivity index is 1.51. The predicted molar refractivity (Wildman–Crippen MR) is 116 cm³/mol. The molecule has 2 aromatic rings. The zero-order valence-corrected chi connectivity index (χ0v) is 18.2. The maximum absolute atomic E-state index is 13.0. The third kappa shape index (κ3) is 3.93. The summed E-state index contributed by atoms with van der Waals surface area (Å²) in [5.74, 6) is -0.644. The number of amides is 1. The first-order valence-electron chi connectivity index (χ1n) is 10.4. The molecule has 8 heteroatoms. The normalized spacial score (nSPS) is 16.7. The summed E-state index contributed by atoms with van der Waals surface area (Å²) in [4.78, 5) is 40.2. The highest BCUT2D eigenvalue weighted by atomic mass is 32.2. The number of benzene rings is 2. The highest BCUT2D eigenvalue weighted by molar-refractivity contribution is 7.89. The van der Waals surface area contributed by atoms with Crippen LogP contribution in [0.4, 0.5) is 0 Å². The zero-order chi connectivity index (χ0) is 22.2. The fourth-order valence-electron chi connectivity index (χ4n) is 4.04. The molecule has 1 amide bonds. The predicted octanol–water partition coefficient (Wildman–Crippen LogP) is 2.35. The fraction of sp³-hybridized carbons (Fsp3) is 0.348. The molecule has 0 unspecified atom stereocenters. The Morgan fingerprint density at radius 1 is 0.871 bits per heavy atom. The average molecular weight is 441 g/mol. The van der Waals surface area contributed by atoms with Crippen molar-refractivity contribution in [2.24, 2.45) is 0 Å². The highest BCUT2D eigenvalue weighted by Crippen LogP contribution is 2.28. The molecule has 1 aliphatic heterocycles. The van der Waals surface area contributed by atoms with E-state index < -0.39 is 10.0 Å². The Kier molecular flexibility index (Phi) is 5.77. The van der Waals surface area contributed by atoms with E-state index >= 15 is 0 Å². The molecule has 2 aliphatic rings. The Morgan fingerprint density at radius 2 is 1.45 bits per heavy atom. The van der Waals surface area contributed by atoms with Gasteiger partial charge in [0.1, 0.15) is 0 Å². The van der Waals surface area contributed by atoms with E-state index in [1.54, 1.807) is 35.2 Å². The third-order valence-corrected chi connectivity index (χ3v) is 7.80. The van der Waals surface area contributed by atoms with Crippen molar-refractivity contribution in [3.05, 3.63) is 70.3 Å². The summed E-state index contributed by atoms with van der Waals surface area (Å²) < 4.78 is 26.2. The van der Waals surface area contributed by atoms with E-state index in [1.165, 1.54) is 16.4 Å².